The number of rotatable bonds is 6. The second kappa shape index (κ2) is 7.79. The Hall–Kier alpha value is -1.55. The maximum atomic E-state index is 12.2. The molecule has 0 aliphatic carbocycles. The van der Waals surface area contributed by atoms with E-state index >= 15 is 0 Å². The van der Waals surface area contributed by atoms with Gasteiger partial charge in [-0.3, -0.25) is 0 Å². The number of urea groups is 1. The largest absolute Gasteiger partial charge is 0.395 e. The molecule has 4 heteroatoms. The van der Waals surface area contributed by atoms with E-state index in [9.17, 15) is 4.79 Å². The number of aliphatic hydroxyl groups excluding tert-OH is 1. The molecule has 0 aliphatic heterocycles. The van der Waals surface area contributed by atoms with E-state index in [0.717, 1.165) is 17.7 Å². The first-order chi connectivity index (χ1) is 9.10. The predicted molar refractivity (Wildman–Crippen MR) is 78.5 cm³/mol. The van der Waals surface area contributed by atoms with Crippen LogP contribution in [-0.4, -0.2) is 35.7 Å². The van der Waals surface area contributed by atoms with Gasteiger partial charge in [-0.15, -0.1) is 0 Å². The van der Waals surface area contributed by atoms with Crippen molar-refractivity contribution in [2.24, 2.45) is 0 Å². The Morgan fingerprint density at radius 2 is 2.00 bits per heavy atom. The van der Waals surface area contributed by atoms with Crippen molar-refractivity contribution < 1.29 is 9.90 Å². The highest BCUT2D eigenvalue weighted by Crippen LogP contribution is 2.23. The lowest BCUT2D eigenvalue weighted by molar-refractivity contribution is 0.188. The molecular formula is C15H24N2O2. The summed E-state index contributed by atoms with van der Waals surface area (Å²) >= 11 is 0. The van der Waals surface area contributed by atoms with E-state index < -0.39 is 0 Å². The number of anilines is 1. The van der Waals surface area contributed by atoms with E-state index in [0.29, 0.717) is 19.0 Å². The summed E-state index contributed by atoms with van der Waals surface area (Å²) in [7, 11) is 0. The quantitative estimate of drug-likeness (QED) is 0.829. The first kappa shape index (κ1) is 15.5. The first-order valence-electron chi connectivity index (χ1n) is 6.85. The Morgan fingerprint density at radius 3 is 2.58 bits per heavy atom. The van der Waals surface area contributed by atoms with Gasteiger partial charge in [0.05, 0.1) is 6.61 Å². The monoisotopic (exact) mass is 264 g/mol. The number of nitrogens with one attached hydrogen (secondary N) is 1. The molecule has 0 spiro atoms. The molecule has 0 atom stereocenters. The minimum Gasteiger partial charge on any atom is -0.395 e. The number of nitrogens with zero attached hydrogens (tertiary/aromatic N) is 1. The van der Waals surface area contributed by atoms with Gasteiger partial charge >= 0.3 is 6.03 Å². The van der Waals surface area contributed by atoms with Gasteiger partial charge in [-0.1, -0.05) is 39.0 Å². The van der Waals surface area contributed by atoms with E-state index in [4.69, 9.17) is 5.11 Å². The summed E-state index contributed by atoms with van der Waals surface area (Å²) in [5.41, 5.74) is 1.97. The zero-order valence-electron chi connectivity index (χ0n) is 12.0. The Kier molecular flexibility index (Phi) is 6.36. The Morgan fingerprint density at radius 1 is 1.32 bits per heavy atom. The van der Waals surface area contributed by atoms with Crippen LogP contribution in [-0.2, 0) is 0 Å². The van der Waals surface area contributed by atoms with Crippen LogP contribution >= 0.6 is 0 Å². The highest BCUT2D eigenvalue weighted by atomic mass is 16.3. The highest BCUT2D eigenvalue weighted by molar-refractivity contribution is 5.90. The molecule has 0 aromatic heterocycles. The predicted octanol–water partition coefficient (Wildman–Crippen LogP) is 3.05. The minimum absolute atomic E-state index is 0.0146. The molecule has 0 saturated heterocycles. The molecule has 0 heterocycles. The molecule has 0 aliphatic rings. The van der Waals surface area contributed by atoms with Crippen molar-refractivity contribution in [1.82, 2.24) is 4.90 Å². The lowest BCUT2D eigenvalue weighted by Gasteiger charge is -2.23. The summed E-state index contributed by atoms with van der Waals surface area (Å²) in [5.74, 6) is 0.356. The molecule has 4 nitrogen and oxygen atoms in total. The number of amides is 2. The summed E-state index contributed by atoms with van der Waals surface area (Å²) in [6.07, 6.45) is 0.874. The van der Waals surface area contributed by atoms with Crippen LogP contribution in [0.3, 0.4) is 0 Å². The van der Waals surface area contributed by atoms with Gasteiger partial charge in [0.25, 0.3) is 0 Å². The normalized spacial score (nSPS) is 10.6. The van der Waals surface area contributed by atoms with Crippen LogP contribution in [0.5, 0.6) is 0 Å². The average molecular weight is 264 g/mol. The summed E-state index contributed by atoms with van der Waals surface area (Å²) in [5, 5.41) is 11.9. The molecular weight excluding hydrogens is 240 g/mol. The van der Waals surface area contributed by atoms with Crippen LogP contribution in [0, 0.1) is 0 Å². The molecule has 2 N–H and O–H groups in total. The zero-order chi connectivity index (χ0) is 14.3. The third-order valence-electron chi connectivity index (χ3n) is 2.98. The number of carbonyl (C=O) groups excluding carboxylic acids is 1. The molecule has 0 fully saturated rings. The van der Waals surface area contributed by atoms with Crippen LogP contribution < -0.4 is 5.32 Å². The molecule has 1 rings (SSSR count). The van der Waals surface area contributed by atoms with E-state index in [-0.39, 0.29) is 12.6 Å². The van der Waals surface area contributed by atoms with Crippen LogP contribution in [0.25, 0.3) is 0 Å². The standard InChI is InChI=1S/C15H24N2O2/c1-4-9-17(10-11-18)15(19)16-14-8-6-5-7-13(14)12(2)3/h5-8,12,18H,4,9-11H2,1-3H3,(H,16,19). The van der Waals surface area contributed by atoms with Gasteiger partial charge in [-0.25, -0.2) is 4.79 Å². The molecule has 106 valence electrons. The molecule has 2 amide bonds. The van der Waals surface area contributed by atoms with Crippen LogP contribution in [0.2, 0.25) is 0 Å². The highest BCUT2D eigenvalue weighted by Gasteiger charge is 2.14. The van der Waals surface area contributed by atoms with E-state index in [1.54, 1.807) is 4.90 Å². The van der Waals surface area contributed by atoms with Crippen molar-refractivity contribution in [3.8, 4) is 0 Å². The molecule has 1 aromatic carbocycles. The lowest BCUT2D eigenvalue weighted by Crippen LogP contribution is -2.37. The van der Waals surface area contributed by atoms with Gasteiger partial charge in [-0.05, 0) is 24.0 Å². The molecule has 0 saturated carbocycles. The second-order valence-electron chi connectivity index (χ2n) is 4.88. The fourth-order valence-electron chi connectivity index (χ4n) is 2.01. The maximum absolute atomic E-state index is 12.2. The van der Waals surface area contributed by atoms with Gasteiger partial charge in [0.1, 0.15) is 0 Å². The summed E-state index contributed by atoms with van der Waals surface area (Å²) in [6, 6.07) is 7.68. The number of aliphatic hydroxyl groups is 1. The number of hydrogen-bond donors (Lipinski definition) is 2. The van der Waals surface area contributed by atoms with Gasteiger partial charge in [0, 0.05) is 18.8 Å². The Labute approximate surface area is 115 Å². The summed E-state index contributed by atoms with van der Waals surface area (Å²) in [4.78, 5) is 13.8. The summed E-state index contributed by atoms with van der Waals surface area (Å²) < 4.78 is 0. The number of hydrogen-bond acceptors (Lipinski definition) is 2. The second-order valence-corrected chi connectivity index (χ2v) is 4.88. The van der Waals surface area contributed by atoms with Crippen molar-refractivity contribution in [1.29, 1.82) is 0 Å². The molecule has 0 bridgehead atoms. The molecule has 0 unspecified atom stereocenters. The number of benzene rings is 1. The Bertz CT molecular complexity index is 399. The van der Waals surface area contributed by atoms with Crippen molar-refractivity contribution in [3.05, 3.63) is 29.8 Å². The number of para-hydroxylation sites is 1. The number of carbonyl (C=O) groups is 1. The topological polar surface area (TPSA) is 52.6 Å². The fourth-order valence-corrected chi connectivity index (χ4v) is 2.01. The van der Waals surface area contributed by atoms with Crippen LogP contribution in [0.15, 0.2) is 24.3 Å². The van der Waals surface area contributed by atoms with E-state index in [2.05, 4.69) is 19.2 Å². The smallest absolute Gasteiger partial charge is 0.321 e. The van der Waals surface area contributed by atoms with Gasteiger partial charge in [-0.2, -0.15) is 0 Å². The Balaban J connectivity index is 2.80. The van der Waals surface area contributed by atoms with E-state index in [1.165, 1.54) is 0 Å². The van der Waals surface area contributed by atoms with Crippen molar-refractivity contribution in [3.63, 3.8) is 0 Å². The van der Waals surface area contributed by atoms with Crippen molar-refractivity contribution >= 4 is 11.7 Å². The fraction of sp³-hybridized carbons (Fsp3) is 0.533. The van der Waals surface area contributed by atoms with Crippen molar-refractivity contribution in [2.45, 2.75) is 33.1 Å². The summed E-state index contributed by atoms with van der Waals surface area (Å²) in [6.45, 7) is 7.21. The zero-order valence-corrected chi connectivity index (χ0v) is 12.0. The van der Waals surface area contributed by atoms with Crippen molar-refractivity contribution in [2.75, 3.05) is 25.0 Å². The molecule has 1 aromatic rings. The van der Waals surface area contributed by atoms with Crippen LogP contribution in [0.1, 0.15) is 38.7 Å². The first-order valence-corrected chi connectivity index (χ1v) is 6.85. The maximum Gasteiger partial charge on any atom is 0.321 e. The van der Waals surface area contributed by atoms with E-state index in [1.807, 2.05) is 31.2 Å². The van der Waals surface area contributed by atoms with Gasteiger partial charge in [0.2, 0.25) is 0 Å². The van der Waals surface area contributed by atoms with Gasteiger partial charge < -0.3 is 15.3 Å². The molecule has 19 heavy (non-hydrogen) atoms. The van der Waals surface area contributed by atoms with Gasteiger partial charge in [0.15, 0.2) is 0 Å². The molecule has 0 radical (unpaired) electrons. The average Bonchev–Trinajstić information content (AvgIpc) is 2.38. The SMILES string of the molecule is CCCN(CCO)C(=O)Nc1ccccc1C(C)C. The third kappa shape index (κ3) is 4.56. The van der Waals surface area contributed by atoms with Crippen LogP contribution in [0.4, 0.5) is 10.5 Å². The third-order valence-corrected chi connectivity index (χ3v) is 2.98. The lowest BCUT2D eigenvalue weighted by atomic mass is 10.0. The minimum atomic E-state index is -0.149.